The van der Waals surface area contributed by atoms with Crippen molar-refractivity contribution < 1.29 is 0 Å². The number of hydrogen-bond donors (Lipinski definition) is 0. The Bertz CT molecular complexity index is 575. The molecule has 1 saturated heterocycles. The van der Waals surface area contributed by atoms with Gasteiger partial charge in [-0.25, -0.2) is 9.97 Å². The van der Waals surface area contributed by atoms with Crippen LogP contribution in [0.2, 0.25) is 5.28 Å². The lowest BCUT2D eigenvalue weighted by Crippen LogP contribution is -2.47. The Morgan fingerprint density at radius 3 is 2.70 bits per heavy atom. The van der Waals surface area contributed by atoms with Gasteiger partial charge < -0.3 is 9.80 Å². The van der Waals surface area contributed by atoms with Crippen molar-refractivity contribution in [2.45, 2.75) is 6.04 Å². The van der Waals surface area contributed by atoms with E-state index in [2.05, 4.69) is 51.1 Å². The van der Waals surface area contributed by atoms with E-state index in [1.165, 1.54) is 5.56 Å². The van der Waals surface area contributed by atoms with Crippen molar-refractivity contribution in [3.8, 4) is 0 Å². The molecule has 5 heteroatoms. The zero-order valence-corrected chi connectivity index (χ0v) is 12.2. The van der Waals surface area contributed by atoms with Gasteiger partial charge >= 0.3 is 0 Å². The van der Waals surface area contributed by atoms with Crippen LogP contribution in [0.4, 0.5) is 5.82 Å². The molecule has 1 aromatic heterocycles. The summed E-state index contributed by atoms with van der Waals surface area (Å²) in [5.41, 5.74) is 1.30. The van der Waals surface area contributed by atoms with E-state index in [9.17, 15) is 0 Å². The van der Waals surface area contributed by atoms with Crippen LogP contribution < -0.4 is 4.90 Å². The molecule has 0 aliphatic carbocycles. The molecule has 1 aliphatic rings. The second-order valence-electron chi connectivity index (χ2n) is 5.07. The second kappa shape index (κ2) is 5.77. The first-order valence-electron chi connectivity index (χ1n) is 6.73. The zero-order chi connectivity index (χ0) is 13.9. The van der Waals surface area contributed by atoms with Gasteiger partial charge in [-0.05, 0) is 30.3 Å². The van der Waals surface area contributed by atoms with Gasteiger partial charge in [0.2, 0.25) is 5.28 Å². The molecule has 0 amide bonds. The number of halogens is 1. The summed E-state index contributed by atoms with van der Waals surface area (Å²) in [7, 11) is 2.15. The van der Waals surface area contributed by atoms with E-state index in [1.807, 2.05) is 12.1 Å². The summed E-state index contributed by atoms with van der Waals surface area (Å²) in [6.07, 6.45) is 1.71. The third kappa shape index (κ3) is 2.76. The van der Waals surface area contributed by atoms with Crippen LogP contribution in [0.1, 0.15) is 11.6 Å². The minimum Gasteiger partial charge on any atom is -0.347 e. The van der Waals surface area contributed by atoms with Gasteiger partial charge in [0.05, 0.1) is 6.04 Å². The van der Waals surface area contributed by atoms with Crippen molar-refractivity contribution in [3.05, 3.63) is 53.4 Å². The first-order valence-corrected chi connectivity index (χ1v) is 7.10. The molecular formula is C15H17ClN4. The lowest BCUT2D eigenvalue weighted by Gasteiger charge is -2.41. The summed E-state index contributed by atoms with van der Waals surface area (Å²) in [4.78, 5) is 13.0. The van der Waals surface area contributed by atoms with Gasteiger partial charge in [0.1, 0.15) is 5.82 Å². The SMILES string of the molecule is CN1CCN(c2ccnc(Cl)n2)C(c2ccccc2)C1. The molecule has 2 aromatic rings. The first-order chi connectivity index (χ1) is 9.74. The van der Waals surface area contributed by atoms with E-state index in [1.54, 1.807) is 6.20 Å². The number of aromatic nitrogens is 2. The molecule has 3 rings (SSSR count). The van der Waals surface area contributed by atoms with Crippen LogP contribution in [0, 0.1) is 0 Å². The molecule has 1 aliphatic heterocycles. The van der Waals surface area contributed by atoms with Crippen LogP contribution in [0.15, 0.2) is 42.6 Å². The normalized spacial score (nSPS) is 20.1. The van der Waals surface area contributed by atoms with Crippen LogP contribution in [-0.2, 0) is 0 Å². The molecule has 20 heavy (non-hydrogen) atoms. The molecule has 1 atom stereocenters. The molecule has 1 unspecified atom stereocenters. The topological polar surface area (TPSA) is 32.3 Å². The maximum Gasteiger partial charge on any atom is 0.224 e. The fourth-order valence-corrected chi connectivity index (χ4v) is 2.78. The average molecular weight is 289 g/mol. The third-order valence-corrected chi connectivity index (χ3v) is 3.86. The van der Waals surface area contributed by atoms with Gasteiger partial charge in [0, 0.05) is 25.8 Å². The fourth-order valence-electron chi connectivity index (χ4n) is 2.64. The molecule has 0 spiro atoms. The number of piperazine rings is 1. The molecule has 0 saturated carbocycles. The number of hydrogen-bond acceptors (Lipinski definition) is 4. The monoisotopic (exact) mass is 288 g/mol. The van der Waals surface area contributed by atoms with Crippen LogP contribution in [-0.4, -0.2) is 41.5 Å². The number of benzene rings is 1. The maximum absolute atomic E-state index is 5.93. The third-order valence-electron chi connectivity index (χ3n) is 3.67. The minimum atomic E-state index is 0.293. The summed E-state index contributed by atoms with van der Waals surface area (Å²) in [5.74, 6) is 0.895. The van der Waals surface area contributed by atoms with Gasteiger partial charge in [-0.2, -0.15) is 0 Å². The smallest absolute Gasteiger partial charge is 0.224 e. The summed E-state index contributed by atoms with van der Waals surface area (Å²) >= 11 is 5.93. The Kier molecular flexibility index (Phi) is 3.85. The molecule has 0 radical (unpaired) electrons. The quantitative estimate of drug-likeness (QED) is 0.795. The summed E-state index contributed by atoms with van der Waals surface area (Å²) in [6, 6.07) is 12.7. The molecule has 0 bridgehead atoms. The van der Waals surface area contributed by atoms with Crippen molar-refractivity contribution in [2.24, 2.45) is 0 Å². The summed E-state index contributed by atoms with van der Waals surface area (Å²) < 4.78 is 0. The molecule has 1 aromatic carbocycles. The Balaban J connectivity index is 1.95. The Morgan fingerprint density at radius 1 is 1.15 bits per heavy atom. The highest BCUT2D eigenvalue weighted by Gasteiger charge is 2.27. The van der Waals surface area contributed by atoms with Crippen molar-refractivity contribution >= 4 is 17.4 Å². The van der Waals surface area contributed by atoms with Crippen LogP contribution in [0.25, 0.3) is 0 Å². The largest absolute Gasteiger partial charge is 0.347 e. The maximum atomic E-state index is 5.93. The summed E-state index contributed by atoms with van der Waals surface area (Å²) in [6.45, 7) is 2.93. The first kappa shape index (κ1) is 13.3. The fraction of sp³-hybridized carbons (Fsp3) is 0.333. The van der Waals surface area contributed by atoms with Crippen molar-refractivity contribution in [1.29, 1.82) is 0 Å². The van der Waals surface area contributed by atoms with Gasteiger partial charge in [-0.15, -0.1) is 0 Å². The molecule has 0 N–H and O–H groups in total. The van der Waals surface area contributed by atoms with E-state index in [0.717, 1.165) is 25.5 Å². The van der Waals surface area contributed by atoms with E-state index in [4.69, 9.17) is 11.6 Å². The van der Waals surface area contributed by atoms with Gasteiger partial charge in [0.25, 0.3) is 0 Å². The predicted octanol–water partition coefficient (Wildman–Crippen LogP) is 2.62. The summed E-state index contributed by atoms with van der Waals surface area (Å²) in [5, 5.41) is 0.299. The number of likely N-dealkylation sites (N-methyl/N-ethyl adjacent to an activating group) is 1. The van der Waals surface area contributed by atoms with Crippen molar-refractivity contribution in [2.75, 3.05) is 31.6 Å². The zero-order valence-electron chi connectivity index (χ0n) is 11.4. The Hall–Kier alpha value is -1.65. The van der Waals surface area contributed by atoms with Crippen LogP contribution >= 0.6 is 11.6 Å². The lowest BCUT2D eigenvalue weighted by molar-refractivity contribution is 0.268. The number of anilines is 1. The molecule has 1 fully saturated rings. The lowest BCUT2D eigenvalue weighted by atomic mass is 10.0. The standard InChI is InChI=1S/C15H17ClN4/c1-19-9-10-20(14-7-8-17-15(16)18-14)13(11-19)12-5-3-2-4-6-12/h2-8,13H,9-11H2,1H3. The highest BCUT2D eigenvalue weighted by Crippen LogP contribution is 2.29. The van der Waals surface area contributed by atoms with E-state index in [-0.39, 0.29) is 0 Å². The van der Waals surface area contributed by atoms with Gasteiger partial charge in [-0.3, -0.25) is 0 Å². The molecule has 2 heterocycles. The molecular weight excluding hydrogens is 272 g/mol. The Morgan fingerprint density at radius 2 is 1.95 bits per heavy atom. The van der Waals surface area contributed by atoms with Crippen LogP contribution in [0.3, 0.4) is 0 Å². The van der Waals surface area contributed by atoms with Crippen molar-refractivity contribution in [3.63, 3.8) is 0 Å². The van der Waals surface area contributed by atoms with E-state index < -0.39 is 0 Å². The van der Waals surface area contributed by atoms with E-state index >= 15 is 0 Å². The van der Waals surface area contributed by atoms with Gasteiger partial charge in [0.15, 0.2) is 0 Å². The second-order valence-corrected chi connectivity index (χ2v) is 5.40. The number of rotatable bonds is 2. The highest BCUT2D eigenvalue weighted by molar-refractivity contribution is 6.28. The van der Waals surface area contributed by atoms with Crippen LogP contribution in [0.5, 0.6) is 0 Å². The predicted molar refractivity (Wildman–Crippen MR) is 81.1 cm³/mol. The average Bonchev–Trinajstić information content (AvgIpc) is 2.48. The highest BCUT2D eigenvalue weighted by atomic mass is 35.5. The molecule has 104 valence electrons. The van der Waals surface area contributed by atoms with Gasteiger partial charge in [-0.1, -0.05) is 30.3 Å². The Labute approximate surface area is 124 Å². The minimum absolute atomic E-state index is 0.293. The van der Waals surface area contributed by atoms with Crippen molar-refractivity contribution in [1.82, 2.24) is 14.9 Å². The molecule has 4 nitrogen and oxygen atoms in total. The number of nitrogens with zero attached hydrogens (tertiary/aromatic N) is 4. The van der Waals surface area contributed by atoms with E-state index in [0.29, 0.717) is 11.3 Å².